The Balaban J connectivity index is 1.76. The van der Waals surface area contributed by atoms with E-state index in [1.54, 1.807) is 12.3 Å². The van der Waals surface area contributed by atoms with E-state index >= 15 is 0 Å². The number of anilines is 2. The minimum Gasteiger partial charge on any atom is -0.343 e. The summed E-state index contributed by atoms with van der Waals surface area (Å²) in [6, 6.07) is 3.31. The first-order valence-corrected chi connectivity index (χ1v) is 8.80. The zero-order valence-electron chi connectivity index (χ0n) is 15.0. The minimum atomic E-state index is -0.323. The van der Waals surface area contributed by atoms with E-state index in [0.717, 1.165) is 30.6 Å². The molecule has 0 unspecified atom stereocenters. The highest BCUT2D eigenvalue weighted by Gasteiger charge is 2.33. The quantitative estimate of drug-likeness (QED) is 0.895. The Hall–Kier alpha value is -2.08. The Labute approximate surface area is 152 Å². The van der Waals surface area contributed by atoms with Crippen molar-refractivity contribution in [3.8, 4) is 0 Å². The average molecular weight is 363 g/mol. The van der Waals surface area contributed by atoms with Crippen LogP contribution in [0.15, 0.2) is 22.9 Å². The van der Waals surface area contributed by atoms with E-state index in [9.17, 15) is 4.79 Å². The van der Waals surface area contributed by atoms with Gasteiger partial charge in [0.2, 0.25) is 11.8 Å². The van der Waals surface area contributed by atoms with Gasteiger partial charge >= 0.3 is 0 Å². The number of aryl methyl sites for hydroxylation is 1. The summed E-state index contributed by atoms with van der Waals surface area (Å²) in [6.07, 6.45) is 3.42. The van der Waals surface area contributed by atoms with Crippen LogP contribution < -0.4 is 10.2 Å². The van der Waals surface area contributed by atoms with Gasteiger partial charge in [-0.3, -0.25) is 10.1 Å². The van der Waals surface area contributed by atoms with Gasteiger partial charge in [-0.05, 0) is 31.4 Å². The Kier molecular flexibility index (Phi) is 4.73. The van der Waals surface area contributed by atoms with E-state index in [1.807, 2.05) is 38.7 Å². The summed E-state index contributed by atoms with van der Waals surface area (Å²) in [6.45, 7) is 8.81. The van der Waals surface area contributed by atoms with Gasteiger partial charge in [0.15, 0.2) is 0 Å². The molecule has 1 N–H and O–H groups in total. The second-order valence-corrected chi connectivity index (χ2v) is 7.89. The average Bonchev–Trinajstić information content (AvgIpc) is 3.15. The van der Waals surface area contributed by atoms with Gasteiger partial charge in [-0.25, -0.2) is 4.98 Å². The van der Waals surface area contributed by atoms with E-state index in [1.165, 1.54) is 0 Å². The van der Waals surface area contributed by atoms with Crippen molar-refractivity contribution in [3.63, 3.8) is 0 Å². The maximum absolute atomic E-state index is 12.7. The molecule has 0 spiro atoms. The molecule has 0 radical (unpaired) electrons. The first kappa shape index (κ1) is 17.7. The summed E-state index contributed by atoms with van der Waals surface area (Å²) in [4.78, 5) is 19.1. The monoisotopic (exact) mass is 362 g/mol. The molecular formula is C18H23ClN4O2. The number of pyridine rings is 1. The lowest BCUT2D eigenvalue weighted by atomic mass is 9.92. The largest absolute Gasteiger partial charge is 0.343 e. The molecule has 0 aliphatic carbocycles. The third kappa shape index (κ3) is 3.79. The fourth-order valence-electron chi connectivity index (χ4n) is 2.92. The first-order valence-electron chi connectivity index (χ1n) is 8.42. The Morgan fingerprint density at radius 2 is 2.16 bits per heavy atom. The van der Waals surface area contributed by atoms with Crippen LogP contribution >= 0.6 is 11.6 Å². The molecule has 0 aromatic carbocycles. The van der Waals surface area contributed by atoms with Crippen molar-refractivity contribution in [1.29, 1.82) is 0 Å². The van der Waals surface area contributed by atoms with Crippen LogP contribution in [0, 0.1) is 6.92 Å². The third-order valence-electron chi connectivity index (χ3n) is 4.31. The van der Waals surface area contributed by atoms with Crippen LogP contribution in [-0.4, -0.2) is 28.6 Å². The Bertz CT molecular complexity index is 782. The summed E-state index contributed by atoms with van der Waals surface area (Å²) >= 11 is 6.33. The molecular weight excluding hydrogens is 340 g/mol. The molecule has 25 heavy (non-hydrogen) atoms. The number of carbonyl (C=O) groups excluding carboxylic acids is 1. The highest BCUT2D eigenvalue weighted by atomic mass is 35.5. The van der Waals surface area contributed by atoms with Crippen molar-refractivity contribution in [2.75, 3.05) is 16.8 Å². The second-order valence-electron chi connectivity index (χ2n) is 7.49. The van der Waals surface area contributed by atoms with E-state index in [4.69, 9.17) is 16.1 Å². The molecule has 1 fully saturated rings. The molecule has 1 aliphatic heterocycles. The SMILES string of the molecule is Cc1cnc(N2CCC[C@H]2C(=O)Nc2cc(C(C)(C)C)no2)c(Cl)c1. The lowest BCUT2D eigenvalue weighted by Gasteiger charge is -2.25. The number of carbonyl (C=O) groups is 1. The predicted octanol–water partition coefficient (Wildman–Crippen LogP) is 3.94. The molecule has 3 heterocycles. The molecule has 2 aromatic heterocycles. The van der Waals surface area contributed by atoms with Gasteiger partial charge in [-0.2, -0.15) is 0 Å². The molecule has 134 valence electrons. The summed E-state index contributed by atoms with van der Waals surface area (Å²) in [5, 5.41) is 7.42. The van der Waals surface area contributed by atoms with Gasteiger partial charge in [-0.1, -0.05) is 37.5 Å². The van der Waals surface area contributed by atoms with Crippen molar-refractivity contribution in [3.05, 3.63) is 34.6 Å². The van der Waals surface area contributed by atoms with Gasteiger partial charge in [0.25, 0.3) is 0 Å². The molecule has 0 saturated carbocycles. The van der Waals surface area contributed by atoms with Gasteiger partial charge in [0.05, 0.1) is 10.7 Å². The van der Waals surface area contributed by atoms with Crippen LogP contribution in [0.3, 0.4) is 0 Å². The number of halogens is 1. The third-order valence-corrected chi connectivity index (χ3v) is 4.59. The maximum atomic E-state index is 12.7. The number of nitrogens with one attached hydrogen (secondary N) is 1. The summed E-state index contributed by atoms with van der Waals surface area (Å²) in [5.41, 5.74) is 1.66. The number of aromatic nitrogens is 2. The smallest absolute Gasteiger partial charge is 0.249 e. The zero-order valence-corrected chi connectivity index (χ0v) is 15.7. The number of amides is 1. The van der Waals surface area contributed by atoms with Crippen molar-refractivity contribution >= 4 is 29.2 Å². The van der Waals surface area contributed by atoms with Crippen molar-refractivity contribution in [2.24, 2.45) is 0 Å². The standard InChI is InChI=1S/C18H23ClN4O2/c1-11-8-12(19)16(20-10-11)23-7-5-6-13(23)17(24)21-15-9-14(22-25-15)18(2,3)4/h8-10,13H,5-7H2,1-4H3,(H,21,24)/t13-/m0/s1. The van der Waals surface area contributed by atoms with Gasteiger partial charge in [0, 0.05) is 24.2 Å². The van der Waals surface area contributed by atoms with Gasteiger partial charge in [-0.15, -0.1) is 0 Å². The molecule has 2 aromatic rings. The minimum absolute atomic E-state index is 0.132. The summed E-state index contributed by atoms with van der Waals surface area (Å²) < 4.78 is 5.26. The van der Waals surface area contributed by atoms with Gasteiger partial charge in [0.1, 0.15) is 11.9 Å². The molecule has 1 saturated heterocycles. The number of hydrogen-bond acceptors (Lipinski definition) is 5. The van der Waals surface area contributed by atoms with Crippen LogP contribution in [0.1, 0.15) is 44.9 Å². The maximum Gasteiger partial charge on any atom is 0.249 e. The fraction of sp³-hybridized carbons (Fsp3) is 0.500. The highest BCUT2D eigenvalue weighted by molar-refractivity contribution is 6.33. The molecule has 6 nitrogen and oxygen atoms in total. The Morgan fingerprint density at radius 3 is 2.80 bits per heavy atom. The lowest BCUT2D eigenvalue weighted by molar-refractivity contribution is -0.117. The molecule has 3 rings (SSSR count). The van der Waals surface area contributed by atoms with E-state index in [2.05, 4.69) is 15.5 Å². The first-order chi connectivity index (χ1) is 11.8. The number of rotatable bonds is 3. The fourth-order valence-corrected chi connectivity index (χ4v) is 3.25. The number of hydrogen-bond donors (Lipinski definition) is 1. The van der Waals surface area contributed by atoms with Crippen LogP contribution in [0.4, 0.5) is 11.7 Å². The molecule has 1 amide bonds. The van der Waals surface area contributed by atoms with Crippen LogP contribution in [0.2, 0.25) is 5.02 Å². The highest BCUT2D eigenvalue weighted by Crippen LogP contribution is 2.31. The van der Waals surface area contributed by atoms with E-state index < -0.39 is 0 Å². The van der Waals surface area contributed by atoms with Crippen LogP contribution in [-0.2, 0) is 10.2 Å². The normalized spacial score (nSPS) is 17.8. The van der Waals surface area contributed by atoms with Crippen LogP contribution in [0.25, 0.3) is 0 Å². The molecule has 1 aliphatic rings. The molecule has 7 heteroatoms. The molecule has 0 bridgehead atoms. The van der Waals surface area contributed by atoms with Crippen molar-refractivity contribution in [2.45, 2.75) is 52.0 Å². The zero-order chi connectivity index (χ0) is 18.2. The number of nitrogens with zero attached hydrogens (tertiary/aromatic N) is 3. The van der Waals surface area contributed by atoms with E-state index in [0.29, 0.717) is 16.7 Å². The summed E-state index contributed by atoms with van der Waals surface area (Å²) in [5.74, 6) is 0.884. The topological polar surface area (TPSA) is 71.3 Å². The van der Waals surface area contributed by atoms with Gasteiger partial charge < -0.3 is 9.42 Å². The van der Waals surface area contributed by atoms with Crippen LogP contribution in [0.5, 0.6) is 0 Å². The predicted molar refractivity (Wildman–Crippen MR) is 98.2 cm³/mol. The van der Waals surface area contributed by atoms with Crippen molar-refractivity contribution in [1.82, 2.24) is 10.1 Å². The lowest BCUT2D eigenvalue weighted by Crippen LogP contribution is -2.40. The molecule has 1 atom stereocenters. The Morgan fingerprint density at radius 1 is 1.40 bits per heavy atom. The second kappa shape index (κ2) is 6.67. The summed E-state index contributed by atoms with van der Waals surface area (Å²) in [7, 11) is 0. The van der Waals surface area contributed by atoms with E-state index in [-0.39, 0.29) is 17.4 Å². The van der Waals surface area contributed by atoms with Crippen molar-refractivity contribution < 1.29 is 9.32 Å².